The zero-order valence-electron chi connectivity index (χ0n) is 59.4. The fraction of sp³-hybridized carbons (Fsp3) is 0.611. The number of piperidine rings is 6. The van der Waals surface area contributed by atoms with E-state index in [9.17, 15) is 38.4 Å². The molecule has 0 aliphatic carbocycles. The number of nitrogens with one attached hydrogen (secondary N) is 4. The summed E-state index contributed by atoms with van der Waals surface area (Å²) in [5.74, 6) is -3.17. The second-order valence-corrected chi connectivity index (χ2v) is 26.7. The van der Waals surface area contributed by atoms with E-state index in [1.165, 1.54) is 0 Å². The number of carboxylic acids is 2. The van der Waals surface area contributed by atoms with E-state index in [1.54, 1.807) is 50.3 Å². The lowest BCUT2D eigenvalue weighted by molar-refractivity contribution is -0.150. The van der Waals surface area contributed by atoms with Crippen molar-refractivity contribution < 1.29 is 48.6 Å². The first kappa shape index (κ1) is 80.8. The van der Waals surface area contributed by atoms with Crippen LogP contribution in [0.1, 0.15) is 120 Å². The number of likely N-dealkylation sites (tertiary alicyclic amines) is 6. The van der Waals surface area contributed by atoms with Gasteiger partial charge in [-0.15, -0.1) is 0 Å². The zero-order valence-corrected chi connectivity index (χ0v) is 59.4. The van der Waals surface area contributed by atoms with Crippen LogP contribution in [-0.4, -0.2) is 280 Å². The van der Waals surface area contributed by atoms with Crippen molar-refractivity contribution in [3.05, 3.63) is 120 Å². The van der Waals surface area contributed by atoms with Crippen LogP contribution >= 0.6 is 0 Å². The van der Waals surface area contributed by atoms with E-state index in [1.807, 2.05) is 78.5 Å². The Hall–Kier alpha value is -7.88. The highest BCUT2D eigenvalue weighted by Gasteiger charge is 2.28. The molecule has 6 amide bonds. The minimum atomic E-state index is -1.40. The standard InChI is InChI=1S/C15H23N3O.C14H21N3O.2C13H19N3O.C9H16N2O3.C8H14N2O3/c1-3-18(14-6-9-17(2)10-7-14)15(19)11-13-5-4-8-16-12-13;1-12(18)17(11-13-3-7-15-8-4-13)14-5-9-16(2)10-6-14;1-16-8-4-12(5-9-16)15-13(17)10-11-2-6-14-7-3-11;1-16-8-4-6-12(10-16)15-13(17)9-11-5-2-3-7-14-11;1-11-4-2-7(3-5-11)10-8(12)6-9(13)14;1-10-4-2-6(3-5-10)9-7(11)8(12)13/h4-5,8,12,14H,3,6-7,9-11H2,1-2H3;3-4,7-8,14H,5-6,9-11H2,1-2H3;2-3,6-7,12H,4-5,8-10H2,1H3,(H,15,17);2-3,5,7,12H,4,6,8-10H2,1H3,(H,15,17);7H,2-6H2,1H3,(H,10,12)(H,13,14);6H,2-5H2,1H3,(H,9,11)(H,12,13). The maximum absolute atomic E-state index is 12.4. The van der Waals surface area contributed by atoms with Gasteiger partial charge in [0.25, 0.3) is 0 Å². The minimum Gasteiger partial charge on any atom is -0.481 e. The Balaban J connectivity index is 0.000000213. The first-order valence-corrected chi connectivity index (χ1v) is 34.9. The van der Waals surface area contributed by atoms with Gasteiger partial charge in [-0.1, -0.05) is 12.1 Å². The van der Waals surface area contributed by atoms with Gasteiger partial charge in [0, 0.05) is 112 Å². The van der Waals surface area contributed by atoms with Crippen molar-refractivity contribution in [3.63, 3.8) is 0 Å². The molecule has 540 valence electrons. The van der Waals surface area contributed by atoms with Gasteiger partial charge in [0.05, 0.1) is 19.3 Å². The van der Waals surface area contributed by atoms with Crippen LogP contribution < -0.4 is 21.3 Å². The Morgan fingerprint density at radius 1 is 0.459 bits per heavy atom. The lowest BCUT2D eigenvalue weighted by Gasteiger charge is -2.37. The quantitative estimate of drug-likeness (QED) is 0.0648. The molecule has 6 aliphatic rings. The number of hydrogen-bond acceptors (Lipinski definition) is 18. The maximum atomic E-state index is 12.4. The molecule has 0 radical (unpaired) electrons. The largest absolute Gasteiger partial charge is 0.481 e. The monoisotopic (exact) mass is 1360 g/mol. The molecule has 0 spiro atoms. The third kappa shape index (κ3) is 33.1. The molecule has 26 nitrogen and oxygen atoms in total. The van der Waals surface area contributed by atoms with Gasteiger partial charge in [-0.05, 0) is 257 Å². The van der Waals surface area contributed by atoms with Gasteiger partial charge in [0.15, 0.2) is 0 Å². The molecule has 6 saturated heterocycles. The minimum absolute atomic E-state index is 0.0276. The average Bonchev–Trinajstić information content (AvgIpc) is 0.901. The second kappa shape index (κ2) is 44.9. The molecule has 0 saturated carbocycles. The van der Waals surface area contributed by atoms with Crippen LogP contribution in [-0.2, 0) is 64.2 Å². The van der Waals surface area contributed by atoms with Crippen molar-refractivity contribution in [2.45, 2.75) is 159 Å². The van der Waals surface area contributed by atoms with E-state index < -0.39 is 24.3 Å². The van der Waals surface area contributed by atoms with Crippen LogP contribution in [0.4, 0.5) is 0 Å². The summed E-state index contributed by atoms with van der Waals surface area (Å²) in [7, 11) is 12.5. The number of carboxylic acid groups (broad SMARTS) is 2. The number of pyridine rings is 4. The summed E-state index contributed by atoms with van der Waals surface area (Å²) in [6, 6.07) is 18.8. The highest BCUT2D eigenvalue weighted by Crippen LogP contribution is 2.20. The average molecular weight is 1360 g/mol. The van der Waals surface area contributed by atoms with Gasteiger partial charge < -0.3 is 70.7 Å². The number of aliphatic carboxylic acids is 2. The number of nitrogens with zero attached hydrogens (tertiary/aromatic N) is 12. The molecular formula is C72H112N16O10. The molecule has 1 unspecified atom stereocenters. The second-order valence-electron chi connectivity index (χ2n) is 26.7. The number of rotatable bonds is 17. The number of carbonyl (C=O) groups is 8. The third-order valence-corrected chi connectivity index (χ3v) is 18.4. The third-order valence-electron chi connectivity index (χ3n) is 18.4. The van der Waals surface area contributed by atoms with Gasteiger partial charge in [0.1, 0.15) is 6.42 Å². The van der Waals surface area contributed by atoms with Crippen LogP contribution in [0.5, 0.6) is 0 Å². The Bertz CT molecular complexity index is 2960. The summed E-state index contributed by atoms with van der Waals surface area (Å²) in [5.41, 5.74) is 4.00. The fourth-order valence-electron chi connectivity index (χ4n) is 12.5. The predicted octanol–water partition coefficient (Wildman–Crippen LogP) is 3.71. The van der Waals surface area contributed by atoms with Crippen LogP contribution in [0.3, 0.4) is 0 Å². The summed E-state index contributed by atoms with van der Waals surface area (Å²) in [5, 5.41) is 28.1. The van der Waals surface area contributed by atoms with Crippen molar-refractivity contribution >= 4 is 47.4 Å². The van der Waals surface area contributed by atoms with Gasteiger partial charge in [-0.3, -0.25) is 53.5 Å². The van der Waals surface area contributed by atoms with Gasteiger partial charge in [0.2, 0.25) is 29.5 Å². The molecule has 4 aromatic rings. The molecule has 10 rings (SSSR count). The number of amides is 6. The molecule has 10 heterocycles. The highest BCUT2D eigenvalue weighted by atomic mass is 16.4. The normalized spacial score (nSPS) is 18.8. The molecule has 0 aromatic carbocycles. The zero-order chi connectivity index (χ0) is 71.2. The molecule has 0 bridgehead atoms. The van der Waals surface area contributed by atoms with Gasteiger partial charge in [-0.25, -0.2) is 4.79 Å². The predicted molar refractivity (Wildman–Crippen MR) is 377 cm³/mol. The highest BCUT2D eigenvalue weighted by molar-refractivity contribution is 6.31. The van der Waals surface area contributed by atoms with Gasteiger partial charge >= 0.3 is 17.8 Å². The molecular weight excluding hydrogens is 1250 g/mol. The Morgan fingerprint density at radius 2 is 0.929 bits per heavy atom. The van der Waals surface area contributed by atoms with E-state index in [4.69, 9.17) is 10.2 Å². The Kier molecular flexibility index (Phi) is 37.0. The Morgan fingerprint density at radius 3 is 1.38 bits per heavy atom. The number of carbonyl (C=O) groups excluding carboxylic acids is 6. The number of hydrogen-bond donors (Lipinski definition) is 6. The van der Waals surface area contributed by atoms with E-state index in [2.05, 4.69) is 106 Å². The molecule has 98 heavy (non-hydrogen) atoms. The molecule has 6 fully saturated rings. The summed E-state index contributed by atoms with van der Waals surface area (Å²) in [4.78, 5) is 124. The van der Waals surface area contributed by atoms with Crippen LogP contribution in [0, 0.1) is 0 Å². The summed E-state index contributed by atoms with van der Waals surface area (Å²) in [6.45, 7) is 17.5. The van der Waals surface area contributed by atoms with E-state index in [0.717, 1.165) is 185 Å². The van der Waals surface area contributed by atoms with Crippen LogP contribution in [0.25, 0.3) is 0 Å². The lowest BCUT2D eigenvalue weighted by Crippen LogP contribution is -2.46. The fourth-order valence-corrected chi connectivity index (χ4v) is 12.5. The van der Waals surface area contributed by atoms with E-state index in [-0.39, 0.29) is 41.6 Å². The molecule has 4 aromatic heterocycles. The topological polar surface area (TPSA) is 303 Å². The molecule has 6 N–H and O–H groups in total. The first-order chi connectivity index (χ1) is 47.0. The number of likely N-dealkylation sites (N-methyl/N-ethyl adjacent to an activating group) is 2. The van der Waals surface area contributed by atoms with Crippen molar-refractivity contribution in [2.24, 2.45) is 0 Å². The molecule has 26 heteroatoms. The lowest BCUT2D eigenvalue weighted by atomic mass is 10.0. The SMILES string of the molecule is CC(=O)N(Cc1ccncc1)C1CCN(C)CC1.CCN(C(=O)Cc1cccnc1)C1CCN(C)CC1.CN1CCC(NC(=O)C(=O)O)CC1.CN1CCC(NC(=O)CC(=O)O)CC1.CN1CCC(NC(=O)Cc2ccncc2)CC1.CN1CCCC(NC(=O)Cc2ccccn2)C1. The van der Waals surface area contributed by atoms with Crippen LogP contribution in [0.2, 0.25) is 0 Å². The first-order valence-electron chi connectivity index (χ1n) is 34.9. The Labute approximate surface area is 581 Å². The van der Waals surface area contributed by atoms with E-state index in [0.29, 0.717) is 50.0 Å². The smallest absolute Gasteiger partial charge is 0.394 e. The molecule has 6 aliphatic heterocycles. The van der Waals surface area contributed by atoms with Crippen molar-refractivity contribution in [1.29, 1.82) is 0 Å². The van der Waals surface area contributed by atoms with Gasteiger partial charge in [-0.2, -0.15) is 0 Å². The van der Waals surface area contributed by atoms with E-state index >= 15 is 0 Å². The summed E-state index contributed by atoms with van der Waals surface area (Å²) in [6.07, 6.45) is 25.2. The van der Waals surface area contributed by atoms with Crippen LogP contribution in [0.15, 0.2) is 98.0 Å². The summed E-state index contributed by atoms with van der Waals surface area (Å²) >= 11 is 0. The molecule has 1 atom stereocenters. The van der Waals surface area contributed by atoms with Crippen molar-refractivity contribution in [3.8, 4) is 0 Å². The number of aromatic nitrogens is 4. The van der Waals surface area contributed by atoms with Crippen molar-refractivity contribution in [1.82, 2.24) is 80.4 Å². The summed E-state index contributed by atoms with van der Waals surface area (Å²) < 4.78 is 0. The maximum Gasteiger partial charge on any atom is 0.394 e. The van der Waals surface area contributed by atoms with Crippen molar-refractivity contribution in [2.75, 3.05) is 127 Å².